The SMILES string of the molecule is CC1(C)[C@H](O)CC[C@@]2(C)[C@@H]3CC[C@@]4(C)[C@H](OC[C@@H]4O)C3=CC[C@H]12. The lowest BCUT2D eigenvalue weighted by molar-refractivity contribution is -0.128. The molecule has 0 aromatic rings. The fourth-order valence-corrected chi connectivity index (χ4v) is 6.60. The third-order valence-corrected chi connectivity index (χ3v) is 8.35. The molecule has 3 aliphatic carbocycles. The van der Waals surface area contributed by atoms with Crippen molar-refractivity contribution in [2.75, 3.05) is 6.61 Å². The van der Waals surface area contributed by atoms with Crippen molar-refractivity contribution in [2.45, 2.75) is 78.1 Å². The number of allylic oxidation sites excluding steroid dienone is 1. The molecule has 7 atom stereocenters. The molecular formula is C20H32O3. The van der Waals surface area contributed by atoms with Crippen LogP contribution in [0.25, 0.3) is 0 Å². The highest BCUT2D eigenvalue weighted by molar-refractivity contribution is 5.30. The first-order valence-corrected chi connectivity index (χ1v) is 9.39. The van der Waals surface area contributed by atoms with Crippen LogP contribution in [-0.2, 0) is 4.74 Å². The fraction of sp³-hybridized carbons (Fsp3) is 0.900. The lowest BCUT2D eigenvalue weighted by Gasteiger charge is -2.61. The van der Waals surface area contributed by atoms with Crippen molar-refractivity contribution in [2.24, 2.45) is 28.1 Å². The van der Waals surface area contributed by atoms with Crippen LogP contribution in [0.15, 0.2) is 11.6 Å². The van der Waals surface area contributed by atoms with E-state index < -0.39 is 0 Å². The summed E-state index contributed by atoms with van der Waals surface area (Å²) in [5.41, 5.74) is 1.59. The molecule has 0 amide bonds. The lowest BCUT2D eigenvalue weighted by atomic mass is 9.45. The molecule has 1 heterocycles. The molecule has 2 saturated carbocycles. The second-order valence-corrected chi connectivity index (χ2v) is 9.70. The van der Waals surface area contributed by atoms with Crippen LogP contribution in [0.2, 0.25) is 0 Å². The molecule has 2 N–H and O–H groups in total. The Morgan fingerprint density at radius 1 is 1.00 bits per heavy atom. The number of ether oxygens (including phenoxy) is 1. The van der Waals surface area contributed by atoms with Gasteiger partial charge in [-0.1, -0.05) is 33.8 Å². The van der Waals surface area contributed by atoms with Crippen molar-refractivity contribution in [3.05, 3.63) is 11.6 Å². The first-order chi connectivity index (χ1) is 10.7. The molecule has 0 aromatic carbocycles. The Bertz CT molecular complexity index is 539. The normalized spacial score (nSPS) is 54.7. The van der Waals surface area contributed by atoms with Crippen LogP contribution in [0, 0.1) is 28.1 Å². The highest BCUT2D eigenvalue weighted by Crippen LogP contribution is 2.64. The van der Waals surface area contributed by atoms with Crippen molar-refractivity contribution in [1.82, 2.24) is 0 Å². The zero-order chi connectivity index (χ0) is 16.6. The van der Waals surface area contributed by atoms with Gasteiger partial charge in [-0.15, -0.1) is 0 Å². The summed E-state index contributed by atoms with van der Waals surface area (Å²) in [6.07, 6.45) is 7.26. The minimum absolute atomic E-state index is 0.0220. The Labute approximate surface area is 140 Å². The highest BCUT2D eigenvalue weighted by Gasteiger charge is 2.61. The number of aliphatic hydroxyl groups excluding tert-OH is 2. The molecule has 0 spiro atoms. The summed E-state index contributed by atoms with van der Waals surface area (Å²) in [5, 5.41) is 20.9. The van der Waals surface area contributed by atoms with E-state index in [1.54, 1.807) is 0 Å². The molecule has 3 fully saturated rings. The van der Waals surface area contributed by atoms with Gasteiger partial charge in [0.15, 0.2) is 0 Å². The summed E-state index contributed by atoms with van der Waals surface area (Å²) in [6, 6.07) is 0. The minimum atomic E-state index is -0.329. The van der Waals surface area contributed by atoms with Gasteiger partial charge in [0.1, 0.15) is 0 Å². The number of hydrogen-bond acceptors (Lipinski definition) is 3. The van der Waals surface area contributed by atoms with Gasteiger partial charge >= 0.3 is 0 Å². The second-order valence-electron chi connectivity index (χ2n) is 9.70. The van der Waals surface area contributed by atoms with Gasteiger partial charge in [-0.25, -0.2) is 0 Å². The summed E-state index contributed by atoms with van der Waals surface area (Å²) in [7, 11) is 0. The standard InChI is InChI=1S/C20H32O3/c1-18(2)14-6-5-12-13(19(14,3)10-8-15(18)21)7-9-20(4)16(22)11-23-17(12)20/h5,13-17,21-22H,6-11H2,1-4H3/t13-,14-,15-,16+,17-,19+,20-/m1/s1. The summed E-state index contributed by atoms with van der Waals surface area (Å²) in [5.74, 6) is 1.08. The Morgan fingerprint density at radius 3 is 2.43 bits per heavy atom. The van der Waals surface area contributed by atoms with Crippen molar-refractivity contribution >= 4 is 0 Å². The van der Waals surface area contributed by atoms with Crippen molar-refractivity contribution in [3.8, 4) is 0 Å². The molecular weight excluding hydrogens is 288 g/mol. The van der Waals surface area contributed by atoms with Crippen LogP contribution >= 0.6 is 0 Å². The molecule has 3 heteroatoms. The van der Waals surface area contributed by atoms with Gasteiger partial charge in [0.25, 0.3) is 0 Å². The maximum Gasteiger partial charge on any atom is 0.0868 e. The van der Waals surface area contributed by atoms with Gasteiger partial charge in [0, 0.05) is 5.41 Å². The molecule has 0 bridgehead atoms. The summed E-state index contributed by atoms with van der Waals surface area (Å²) in [4.78, 5) is 0. The van der Waals surface area contributed by atoms with Crippen LogP contribution in [0.3, 0.4) is 0 Å². The second kappa shape index (κ2) is 4.83. The zero-order valence-corrected chi connectivity index (χ0v) is 15.0. The number of fused-ring (bicyclic) bond motifs is 5. The van der Waals surface area contributed by atoms with E-state index in [0.29, 0.717) is 18.4 Å². The first kappa shape index (κ1) is 16.1. The van der Waals surface area contributed by atoms with E-state index in [4.69, 9.17) is 4.74 Å². The molecule has 23 heavy (non-hydrogen) atoms. The topological polar surface area (TPSA) is 49.7 Å². The zero-order valence-electron chi connectivity index (χ0n) is 15.0. The maximum atomic E-state index is 10.5. The molecule has 1 aliphatic heterocycles. The van der Waals surface area contributed by atoms with Crippen LogP contribution in [0.5, 0.6) is 0 Å². The Hall–Kier alpha value is -0.380. The average molecular weight is 320 g/mol. The predicted molar refractivity (Wildman–Crippen MR) is 89.9 cm³/mol. The Balaban J connectivity index is 1.73. The van der Waals surface area contributed by atoms with E-state index >= 15 is 0 Å². The van der Waals surface area contributed by atoms with Gasteiger partial charge < -0.3 is 14.9 Å². The Morgan fingerprint density at radius 2 is 1.70 bits per heavy atom. The molecule has 0 radical (unpaired) electrons. The van der Waals surface area contributed by atoms with Gasteiger partial charge in [0.05, 0.1) is 24.9 Å². The van der Waals surface area contributed by atoms with Gasteiger partial charge in [-0.3, -0.25) is 0 Å². The molecule has 3 nitrogen and oxygen atoms in total. The highest BCUT2D eigenvalue weighted by atomic mass is 16.5. The fourth-order valence-electron chi connectivity index (χ4n) is 6.60. The maximum absolute atomic E-state index is 10.5. The monoisotopic (exact) mass is 320 g/mol. The Kier molecular flexibility index (Phi) is 3.38. The largest absolute Gasteiger partial charge is 0.393 e. The van der Waals surface area contributed by atoms with Crippen LogP contribution in [0.1, 0.15) is 59.8 Å². The van der Waals surface area contributed by atoms with Gasteiger partial charge in [-0.2, -0.15) is 0 Å². The van der Waals surface area contributed by atoms with E-state index in [2.05, 4.69) is 33.8 Å². The quantitative estimate of drug-likeness (QED) is 0.673. The average Bonchev–Trinajstić information content (AvgIpc) is 2.79. The van der Waals surface area contributed by atoms with E-state index in [1.807, 2.05) is 0 Å². The number of aliphatic hydroxyl groups is 2. The third-order valence-electron chi connectivity index (χ3n) is 8.35. The van der Waals surface area contributed by atoms with E-state index in [-0.39, 0.29) is 34.6 Å². The first-order valence-electron chi connectivity index (χ1n) is 9.39. The summed E-state index contributed by atoms with van der Waals surface area (Å²) < 4.78 is 6.07. The number of hydrogen-bond donors (Lipinski definition) is 2. The number of rotatable bonds is 0. The van der Waals surface area contributed by atoms with Crippen molar-refractivity contribution < 1.29 is 14.9 Å². The summed E-state index contributed by atoms with van der Waals surface area (Å²) >= 11 is 0. The van der Waals surface area contributed by atoms with E-state index in [0.717, 1.165) is 32.1 Å². The van der Waals surface area contributed by atoms with E-state index in [1.165, 1.54) is 5.57 Å². The van der Waals surface area contributed by atoms with Crippen molar-refractivity contribution in [3.63, 3.8) is 0 Å². The van der Waals surface area contributed by atoms with Crippen molar-refractivity contribution in [1.29, 1.82) is 0 Å². The third kappa shape index (κ3) is 1.93. The molecule has 0 aromatic heterocycles. The summed E-state index contributed by atoms with van der Waals surface area (Å²) in [6.45, 7) is 9.64. The molecule has 130 valence electrons. The van der Waals surface area contributed by atoms with Crippen LogP contribution in [0.4, 0.5) is 0 Å². The minimum Gasteiger partial charge on any atom is -0.393 e. The molecule has 1 saturated heterocycles. The lowest BCUT2D eigenvalue weighted by Crippen LogP contribution is -2.57. The van der Waals surface area contributed by atoms with Gasteiger partial charge in [-0.05, 0) is 60.3 Å². The molecule has 0 unspecified atom stereocenters. The van der Waals surface area contributed by atoms with Gasteiger partial charge in [0.2, 0.25) is 0 Å². The van der Waals surface area contributed by atoms with Crippen LogP contribution in [-0.4, -0.2) is 35.1 Å². The molecule has 4 aliphatic rings. The predicted octanol–water partition coefficient (Wildman–Crippen LogP) is 3.30. The van der Waals surface area contributed by atoms with E-state index in [9.17, 15) is 10.2 Å². The van der Waals surface area contributed by atoms with Crippen LogP contribution < -0.4 is 0 Å². The molecule has 4 rings (SSSR count). The smallest absolute Gasteiger partial charge is 0.0868 e.